The predicted molar refractivity (Wildman–Crippen MR) is 300 cm³/mol. The molecule has 13 nitrogen and oxygen atoms in total. The van der Waals surface area contributed by atoms with Gasteiger partial charge >= 0.3 is 24.1 Å². The monoisotopic (exact) mass is 1060 g/mol. The number of likely N-dealkylation sites (N-methyl/N-ethyl adjacent to an activating group) is 1. The highest BCUT2D eigenvalue weighted by Crippen LogP contribution is 2.30. The molecule has 2 unspecified atom stereocenters. The molecule has 2 atom stereocenters. The van der Waals surface area contributed by atoms with Gasteiger partial charge in [0.1, 0.15) is 25.5 Å². The average Bonchev–Trinajstić information content (AvgIpc) is 3.87. The first-order valence-corrected chi connectivity index (χ1v) is 31.1. The number of carbonyl (C=O) groups excluding carboxylic acids is 4. The minimum Gasteiger partial charge on any atom is -0.475 e. The fraction of sp³-hybridized carbons (Fsp3) is 0.867. The summed E-state index contributed by atoms with van der Waals surface area (Å²) in [7, 11) is 2.07. The van der Waals surface area contributed by atoms with E-state index in [9.17, 15) is 19.2 Å². The molecule has 0 aliphatic carbocycles. The number of rotatable bonds is 50. The van der Waals surface area contributed by atoms with E-state index in [1.807, 2.05) is 6.92 Å². The Labute approximate surface area is 455 Å². The standard InChI is InChI=1S/C60H108N3O10S/c1-6-9-12-15-17-19-21-23-25-27-29-31-35-42-55(64)69-49-54(50-70-56(65)43-36-32-30-28-26-24-22-20-18-16-13-10-7-2)73-57(66)44-37-33-34-40-52(4)48-71-60(67)72-51-63(5)45-39-41-53(47-63)58-59(62-74-61-58)68-46-38-14-11-8-3/h41,52,54H,6-40,42-51H2,1-5H3/q+1. The molecule has 74 heavy (non-hydrogen) atoms. The summed E-state index contributed by atoms with van der Waals surface area (Å²) in [6.07, 6.45) is 41.9. The van der Waals surface area contributed by atoms with Crippen LogP contribution in [0.3, 0.4) is 0 Å². The van der Waals surface area contributed by atoms with Crippen molar-refractivity contribution >= 4 is 41.4 Å². The van der Waals surface area contributed by atoms with Gasteiger partial charge in [-0.05, 0) is 38.0 Å². The maximum atomic E-state index is 13.0. The minimum atomic E-state index is -0.851. The zero-order valence-electron chi connectivity index (χ0n) is 47.9. The van der Waals surface area contributed by atoms with Crippen LogP contribution in [0.2, 0.25) is 0 Å². The van der Waals surface area contributed by atoms with E-state index >= 15 is 0 Å². The van der Waals surface area contributed by atoms with E-state index in [2.05, 4.69) is 42.6 Å². The van der Waals surface area contributed by atoms with Gasteiger partial charge in [0.15, 0.2) is 6.10 Å². The summed E-state index contributed by atoms with van der Waals surface area (Å²) in [4.78, 5) is 51.1. The first-order chi connectivity index (χ1) is 36.1. The van der Waals surface area contributed by atoms with Crippen molar-refractivity contribution in [3.8, 4) is 5.88 Å². The highest BCUT2D eigenvalue weighted by Gasteiger charge is 2.31. The average molecular weight is 1060 g/mol. The van der Waals surface area contributed by atoms with E-state index in [1.165, 1.54) is 141 Å². The Morgan fingerprint density at radius 1 is 0.541 bits per heavy atom. The number of esters is 3. The third kappa shape index (κ3) is 36.7. The number of unbranched alkanes of at least 4 members (excludes halogenated alkanes) is 29. The number of hydrogen-bond donors (Lipinski definition) is 0. The SMILES string of the molecule is CCCCCCCCCCCCCCCC(=O)OCC(COC(=O)CCCCCCCCCCCCCCC)OC(=O)CCCCCC(C)COC(=O)OC[N+]1(C)CCC=C(c2nsnc2OCCCCCC)C1. The Morgan fingerprint density at radius 3 is 1.49 bits per heavy atom. The molecular weight excluding hydrogens is 955 g/mol. The molecule has 1 aromatic rings. The molecule has 0 spiro atoms. The van der Waals surface area contributed by atoms with Crippen LogP contribution in [0.5, 0.6) is 5.88 Å². The lowest BCUT2D eigenvalue weighted by Gasteiger charge is -2.36. The Morgan fingerprint density at radius 2 is 0.986 bits per heavy atom. The van der Waals surface area contributed by atoms with E-state index in [0.717, 1.165) is 107 Å². The number of ether oxygens (including phenoxy) is 6. The second-order valence-corrected chi connectivity index (χ2v) is 22.4. The number of hydrogen-bond acceptors (Lipinski definition) is 13. The van der Waals surface area contributed by atoms with Crippen molar-refractivity contribution in [1.82, 2.24) is 8.75 Å². The van der Waals surface area contributed by atoms with Gasteiger partial charge < -0.3 is 28.4 Å². The van der Waals surface area contributed by atoms with Crippen LogP contribution in [-0.4, -0.2) is 96.7 Å². The van der Waals surface area contributed by atoms with Gasteiger partial charge in [0.25, 0.3) is 5.88 Å². The normalized spacial score (nSPS) is 14.9. The molecule has 1 aliphatic heterocycles. The van der Waals surface area contributed by atoms with Crippen LogP contribution in [0.4, 0.5) is 4.79 Å². The molecule has 0 saturated heterocycles. The number of nitrogens with zero attached hydrogens (tertiary/aromatic N) is 3. The maximum Gasteiger partial charge on any atom is 0.512 e. The fourth-order valence-electron chi connectivity index (χ4n) is 9.49. The zero-order chi connectivity index (χ0) is 53.6. The van der Waals surface area contributed by atoms with Crippen LogP contribution in [-0.2, 0) is 38.1 Å². The number of aromatic nitrogens is 2. The minimum absolute atomic E-state index is 0.120. The molecule has 0 saturated carbocycles. The van der Waals surface area contributed by atoms with Gasteiger partial charge in [-0.2, -0.15) is 4.37 Å². The van der Waals surface area contributed by atoms with Crippen LogP contribution in [0, 0.1) is 5.92 Å². The molecule has 428 valence electrons. The summed E-state index contributed by atoms with van der Waals surface area (Å²) in [6.45, 7) is 11.0. The van der Waals surface area contributed by atoms with E-state index in [1.54, 1.807) is 0 Å². The Balaban J connectivity index is 1.67. The Hall–Kier alpha value is -3.26. The smallest absolute Gasteiger partial charge is 0.475 e. The largest absolute Gasteiger partial charge is 0.512 e. The molecule has 0 N–H and O–H groups in total. The lowest BCUT2D eigenvalue weighted by atomic mass is 10.0. The van der Waals surface area contributed by atoms with Crippen molar-refractivity contribution in [2.45, 2.75) is 278 Å². The molecular formula is C60H108N3O10S+. The van der Waals surface area contributed by atoms with Crippen LogP contribution >= 0.6 is 11.7 Å². The summed E-state index contributed by atoms with van der Waals surface area (Å²) in [5.41, 5.74) is 1.84. The second-order valence-electron chi connectivity index (χ2n) is 21.8. The van der Waals surface area contributed by atoms with E-state index in [4.69, 9.17) is 28.4 Å². The lowest BCUT2D eigenvalue weighted by Crippen LogP contribution is -2.49. The zero-order valence-corrected chi connectivity index (χ0v) is 48.7. The van der Waals surface area contributed by atoms with Crippen molar-refractivity contribution < 1.29 is 52.1 Å². The van der Waals surface area contributed by atoms with E-state index < -0.39 is 18.2 Å². The van der Waals surface area contributed by atoms with Crippen molar-refractivity contribution in [2.75, 3.05) is 53.3 Å². The lowest BCUT2D eigenvalue weighted by molar-refractivity contribution is -0.919. The third-order valence-electron chi connectivity index (χ3n) is 14.3. The van der Waals surface area contributed by atoms with Crippen molar-refractivity contribution in [2.24, 2.45) is 5.92 Å². The molecule has 0 radical (unpaired) electrons. The summed E-state index contributed by atoms with van der Waals surface area (Å²) in [6, 6.07) is 0. The van der Waals surface area contributed by atoms with Crippen LogP contribution in [0.1, 0.15) is 277 Å². The molecule has 0 fully saturated rings. The van der Waals surface area contributed by atoms with Gasteiger partial charge in [0.05, 0.1) is 38.5 Å². The van der Waals surface area contributed by atoms with Crippen LogP contribution in [0.25, 0.3) is 5.57 Å². The van der Waals surface area contributed by atoms with Gasteiger partial charge in [0, 0.05) is 31.3 Å². The van der Waals surface area contributed by atoms with Crippen molar-refractivity contribution in [3.05, 3.63) is 11.8 Å². The molecule has 2 heterocycles. The molecule has 14 heteroatoms. The summed E-state index contributed by atoms with van der Waals surface area (Å²) in [5, 5.41) is 0. The maximum absolute atomic E-state index is 13.0. The highest BCUT2D eigenvalue weighted by molar-refractivity contribution is 6.99. The third-order valence-corrected chi connectivity index (χ3v) is 14.8. The second kappa shape index (κ2) is 45.9. The van der Waals surface area contributed by atoms with Gasteiger partial charge in [-0.25, -0.2) is 4.79 Å². The first kappa shape index (κ1) is 66.9. The Kier molecular flexibility index (Phi) is 41.5. The molecule has 2 rings (SSSR count). The molecule has 1 aliphatic rings. The topological polar surface area (TPSA) is 149 Å². The van der Waals surface area contributed by atoms with Crippen LogP contribution < -0.4 is 4.74 Å². The quantitative estimate of drug-likeness (QED) is 0.0264. The molecule has 0 bridgehead atoms. The Bertz CT molecular complexity index is 1550. The summed E-state index contributed by atoms with van der Waals surface area (Å²) >= 11 is 1.16. The van der Waals surface area contributed by atoms with Crippen LogP contribution in [0.15, 0.2) is 6.08 Å². The summed E-state index contributed by atoms with van der Waals surface area (Å²) in [5.74, 6) is -0.336. The first-order valence-electron chi connectivity index (χ1n) is 30.4. The fourth-order valence-corrected chi connectivity index (χ4v) is 10.0. The number of carbonyl (C=O) groups is 4. The molecule has 1 aromatic heterocycles. The number of quaternary nitrogens is 1. The summed E-state index contributed by atoms with van der Waals surface area (Å²) < 4.78 is 43.4. The van der Waals surface area contributed by atoms with E-state index in [0.29, 0.717) is 42.8 Å². The van der Waals surface area contributed by atoms with Gasteiger partial charge in [0.2, 0.25) is 6.73 Å². The van der Waals surface area contributed by atoms with E-state index in [-0.39, 0.29) is 50.8 Å². The van der Waals surface area contributed by atoms with Crippen molar-refractivity contribution in [1.29, 1.82) is 0 Å². The predicted octanol–water partition coefficient (Wildman–Crippen LogP) is 16.4. The molecule has 0 amide bonds. The highest BCUT2D eigenvalue weighted by atomic mass is 32.1. The van der Waals surface area contributed by atoms with Gasteiger partial charge in [-0.1, -0.05) is 220 Å². The van der Waals surface area contributed by atoms with Gasteiger partial charge in [-0.15, -0.1) is 4.37 Å². The van der Waals surface area contributed by atoms with Gasteiger partial charge in [-0.3, -0.25) is 18.9 Å². The molecule has 0 aromatic carbocycles. The van der Waals surface area contributed by atoms with Crippen molar-refractivity contribution in [3.63, 3.8) is 0 Å².